The van der Waals surface area contributed by atoms with Crippen molar-refractivity contribution in [1.82, 2.24) is 9.55 Å². The average molecular weight is 385 g/mol. The number of carbonyl (C=O) groups is 1. The molecule has 28 heavy (non-hydrogen) atoms. The third-order valence-electron chi connectivity index (χ3n) is 5.14. The maximum atomic E-state index is 12.7. The molecule has 1 amide bonds. The van der Waals surface area contributed by atoms with Gasteiger partial charge in [-0.05, 0) is 54.4 Å². The minimum absolute atomic E-state index is 0.0525. The lowest BCUT2D eigenvalue weighted by Gasteiger charge is -2.10. The van der Waals surface area contributed by atoms with Crippen molar-refractivity contribution in [3.63, 3.8) is 0 Å². The van der Waals surface area contributed by atoms with E-state index in [1.807, 2.05) is 61.6 Å². The number of rotatable bonds is 3. The van der Waals surface area contributed by atoms with Gasteiger partial charge in [-0.1, -0.05) is 30.3 Å². The number of aromatic nitrogens is 2. The van der Waals surface area contributed by atoms with Crippen molar-refractivity contribution in [2.75, 3.05) is 5.32 Å². The Balaban J connectivity index is 1.33. The molecule has 2 heterocycles. The van der Waals surface area contributed by atoms with Crippen molar-refractivity contribution in [3.05, 3.63) is 78.4 Å². The van der Waals surface area contributed by atoms with Gasteiger partial charge in [-0.15, -0.1) is 11.8 Å². The number of nitrogens with one attached hydrogen (secondary N) is 1. The van der Waals surface area contributed by atoms with Crippen LogP contribution in [0.4, 0.5) is 5.69 Å². The lowest BCUT2D eigenvalue weighted by Crippen LogP contribution is -2.24. The zero-order valence-electron chi connectivity index (χ0n) is 15.4. The number of hydrogen-bond donors (Lipinski definition) is 1. The van der Waals surface area contributed by atoms with Crippen molar-refractivity contribution in [2.45, 2.75) is 16.6 Å². The van der Waals surface area contributed by atoms with Gasteiger partial charge < -0.3 is 9.88 Å². The van der Waals surface area contributed by atoms with E-state index in [2.05, 4.69) is 28.1 Å². The number of para-hydroxylation sites is 2. The molecule has 0 aliphatic carbocycles. The van der Waals surface area contributed by atoms with E-state index in [9.17, 15) is 4.79 Å². The van der Waals surface area contributed by atoms with Gasteiger partial charge in [-0.3, -0.25) is 4.79 Å². The zero-order valence-corrected chi connectivity index (χ0v) is 16.2. The first-order valence-corrected chi connectivity index (χ1v) is 10.1. The Morgan fingerprint density at radius 1 is 1.04 bits per heavy atom. The van der Waals surface area contributed by atoms with Crippen LogP contribution in [-0.4, -0.2) is 20.7 Å². The molecule has 3 aromatic carbocycles. The topological polar surface area (TPSA) is 46.9 Å². The molecular formula is C23H19N3OS. The number of aryl methyl sites for hydroxylation is 1. The molecule has 0 bridgehead atoms. The average Bonchev–Trinajstić information content (AvgIpc) is 3.30. The third-order valence-corrected chi connectivity index (χ3v) is 6.45. The highest BCUT2D eigenvalue weighted by Crippen LogP contribution is 2.37. The standard InChI is InChI=1S/C23H19N3OS/c1-26-19-8-4-3-7-18(19)25-22(26)15-10-12-17(13-11-15)24-23(27)21-14-16-6-2-5-9-20(16)28-21/h2-13,21H,14H2,1H3,(H,24,27). The fourth-order valence-corrected chi connectivity index (χ4v) is 4.85. The van der Waals surface area contributed by atoms with Gasteiger partial charge in [0.2, 0.25) is 5.91 Å². The minimum atomic E-state index is -0.0723. The summed E-state index contributed by atoms with van der Waals surface area (Å²) in [6.07, 6.45) is 0.782. The normalized spacial score (nSPS) is 15.5. The molecule has 4 aromatic rings. The minimum Gasteiger partial charge on any atom is -0.327 e. The van der Waals surface area contributed by atoms with Gasteiger partial charge in [0, 0.05) is 23.2 Å². The smallest absolute Gasteiger partial charge is 0.238 e. The van der Waals surface area contributed by atoms with E-state index >= 15 is 0 Å². The maximum absolute atomic E-state index is 12.7. The largest absolute Gasteiger partial charge is 0.327 e. The highest BCUT2D eigenvalue weighted by molar-refractivity contribution is 8.01. The molecule has 1 N–H and O–H groups in total. The Morgan fingerprint density at radius 3 is 2.57 bits per heavy atom. The SMILES string of the molecule is Cn1c(-c2ccc(NC(=O)C3Cc4ccccc4S3)cc2)nc2ccccc21. The molecule has 5 heteroatoms. The Morgan fingerprint density at radius 2 is 1.79 bits per heavy atom. The second kappa shape index (κ2) is 6.84. The van der Waals surface area contributed by atoms with Crippen LogP contribution in [-0.2, 0) is 18.3 Å². The summed E-state index contributed by atoms with van der Waals surface area (Å²) in [5, 5.41) is 2.98. The van der Waals surface area contributed by atoms with E-state index in [4.69, 9.17) is 4.98 Å². The molecule has 0 saturated heterocycles. The van der Waals surface area contributed by atoms with Gasteiger partial charge in [0.1, 0.15) is 5.82 Å². The van der Waals surface area contributed by atoms with Crippen LogP contribution >= 0.6 is 11.8 Å². The zero-order chi connectivity index (χ0) is 19.1. The number of imidazole rings is 1. The summed E-state index contributed by atoms with van der Waals surface area (Å²) >= 11 is 1.64. The molecular weight excluding hydrogens is 366 g/mol. The van der Waals surface area contributed by atoms with Crippen LogP contribution in [0.25, 0.3) is 22.4 Å². The van der Waals surface area contributed by atoms with Crippen molar-refractivity contribution < 1.29 is 4.79 Å². The van der Waals surface area contributed by atoms with Gasteiger partial charge in [0.25, 0.3) is 0 Å². The molecule has 0 fully saturated rings. The lowest BCUT2D eigenvalue weighted by atomic mass is 10.1. The Bertz CT molecular complexity index is 1160. The van der Waals surface area contributed by atoms with E-state index in [1.54, 1.807) is 11.8 Å². The van der Waals surface area contributed by atoms with Crippen LogP contribution in [0.15, 0.2) is 77.7 Å². The molecule has 1 unspecified atom stereocenters. The molecule has 138 valence electrons. The molecule has 0 radical (unpaired) electrons. The quantitative estimate of drug-likeness (QED) is 0.546. The summed E-state index contributed by atoms with van der Waals surface area (Å²) < 4.78 is 2.09. The predicted octanol–water partition coefficient (Wildman–Crippen LogP) is 4.90. The number of carbonyl (C=O) groups excluding carboxylic acids is 1. The number of anilines is 1. The monoisotopic (exact) mass is 385 g/mol. The first-order valence-electron chi connectivity index (χ1n) is 9.26. The highest BCUT2D eigenvalue weighted by atomic mass is 32.2. The number of benzene rings is 3. The number of nitrogens with zero attached hydrogens (tertiary/aromatic N) is 2. The summed E-state index contributed by atoms with van der Waals surface area (Å²) in [4.78, 5) is 18.6. The fraction of sp³-hybridized carbons (Fsp3) is 0.130. The van der Waals surface area contributed by atoms with E-state index in [0.717, 1.165) is 34.5 Å². The first-order chi connectivity index (χ1) is 13.7. The number of thioether (sulfide) groups is 1. The van der Waals surface area contributed by atoms with Crippen LogP contribution in [0.3, 0.4) is 0 Å². The Kier molecular flexibility index (Phi) is 4.17. The number of fused-ring (bicyclic) bond motifs is 2. The van der Waals surface area contributed by atoms with Crippen LogP contribution in [0.5, 0.6) is 0 Å². The van der Waals surface area contributed by atoms with Crippen molar-refractivity contribution >= 4 is 34.4 Å². The van der Waals surface area contributed by atoms with Crippen molar-refractivity contribution in [2.24, 2.45) is 7.05 Å². The molecule has 1 atom stereocenters. The summed E-state index contributed by atoms with van der Waals surface area (Å²) in [5.74, 6) is 0.970. The van der Waals surface area contributed by atoms with E-state index in [0.29, 0.717) is 0 Å². The number of hydrogen-bond acceptors (Lipinski definition) is 3. The summed E-state index contributed by atoms with van der Waals surface area (Å²) in [7, 11) is 2.02. The maximum Gasteiger partial charge on any atom is 0.238 e. The van der Waals surface area contributed by atoms with E-state index in [-0.39, 0.29) is 11.2 Å². The third kappa shape index (κ3) is 2.98. The molecule has 4 nitrogen and oxygen atoms in total. The van der Waals surface area contributed by atoms with Crippen LogP contribution in [0, 0.1) is 0 Å². The Hall–Kier alpha value is -3.05. The van der Waals surface area contributed by atoms with Crippen LogP contribution in [0.1, 0.15) is 5.56 Å². The molecule has 1 aromatic heterocycles. The Labute approximate surface area is 167 Å². The molecule has 0 spiro atoms. The molecule has 5 rings (SSSR count). The summed E-state index contributed by atoms with van der Waals surface area (Å²) in [6, 6.07) is 24.2. The highest BCUT2D eigenvalue weighted by Gasteiger charge is 2.27. The summed E-state index contributed by atoms with van der Waals surface area (Å²) in [6.45, 7) is 0. The van der Waals surface area contributed by atoms with Crippen LogP contribution in [0.2, 0.25) is 0 Å². The van der Waals surface area contributed by atoms with E-state index in [1.165, 1.54) is 10.5 Å². The molecule has 0 saturated carbocycles. The predicted molar refractivity (Wildman–Crippen MR) is 115 cm³/mol. The molecule has 1 aliphatic heterocycles. The van der Waals surface area contributed by atoms with Crippen LogP contribution < -0.4 is 5.32 Å². The van der Waals surface area contributed by atoms with Gasteiger partial charge >= 0.3 is 0 Å². The van der Waals surface area contributed by atoms with Gasteiger partial charge in [0.15, 0.2) is 0 Å². The van der Waals surface area contributed by atoms with Gasteiger partial charge in [-0.25, -0.2) is 4.98 Å². The lowest BCUT2D eigenvalue weighted by molar-refractivity contribution is -0.115. The first kappa shape index (κ1) is 17.1. The van der Waals surface area contributed by atoms with E-state index < -0.39 is 0 Å². The van der Waals surface area contributed by atoms with Gasteiger partial charge in [0.05, 0.1) is 16.3 Å². The van der Waals surface area contributed by atoms with Crippen molar-refractivity contribution in [3.8, 4) is 11.4 Å². The second-order valence-electron chi connectivity index (χ2n) is 6.97. The fourth-order valence-electron chi connectivity index (χ4n) is 3.66. The van der Waals surface area contributed by atoms with Gasteiger partial charge in [-0.2, -0.15) is 0 Å². The second-order valence-corrected chi connectivity index (χ2v) is 8.21. The molecule has 1 aliphatic rings. The van der Waals surface area contributed by atoms with Crippen molar-refractivity contribution in [1.29, 1.82) is 0 Å². The number of amides is 1. The summed E-state index contributed by atoms with van der Waals surface area (Å²) in [5.41, 5.74) is 5.18.